The molecule has 0 unspecified atom stereocenters. The van der Waals surface area contributed by atoms with E-state index < -0.39 is 0 Å². The number of halogens is 1. The number of hydrogen-bond acceptors (Lipinski definition) is 4. The second-order valence-corrected chi connectivity index (χ2v) is 4.46. The molecule has 0 amide bonds. The molecule has 2 heterocycles. The predicted octanol–water partition coefficient (Wildman–Crippen LogP) is 2.37. The highest BCUT2D eigenvalue weighted by molar-refractivity contribution is 5.77. The Labute approximate surface area is 114 Å². The Morgan fingerprint density at radius 2 is 2.25 bits per heavy atom. The number of aromatic nitrogens is 2. The number of aliphatic hydroxyl groups excluding tert-OH is 1. The van der Waals surface area contributed by atoms with Gasteiger partial charge in [0, 0.05) is 11.6 Å². The highest BCUT2D eigenvalue weighted by atomic mass is 19.1. The van der Waals surface area contributed by atoms with Gasteiger partial charge in [-0.05, 0) is 24.3 Å². The zero-order valence-corrected chi connectivity index (χ0v) is 10.7. The Kier molecular flexibility index (Phi) is 3.39. The zero-order valence-electron chi connectivity index (χ0n) is 10.7. The SMILES string of the molecule is OCCn1cc(NCc2cc3cc(F)ccc3o2)cn1. The molecule has 0 aliphatic rings. The molecule has 20 heavy (non-hydrogen) atoms. The standard InChI is InChI=1S/C14H14FN3O2/c15-11-1-2-14-10(5-11)6-13(20-14)8-16-12-7-17-18(9-12)3-4-19/h1-2,5-7,9,16,19H,3-4,8H2. The molecule has 6 heteroatoms. The molecule has 0 bridgehead atoms. The van der Waals surface area contributed by atoms with E-state index >= 15 is 0 Å². The van der Waals surface area contributed by atoms with Crippen LogP contribution in [0, 0.1) is 5.82 Å². The Hall–Kier alpha value is -2.34. The lowest BCUT2D eigenvalue weighted by molar-refractivity contribution is 0.269. The van der Waals surface area contributed by atoms with Crippen molar-refractivity contribution in [1.29, 1.82) is 0 Å². The van der Waals surface area contributed by atoms with E-state index in [-0.39, 0.29) is 12.4 Å². The van der Waals surface area contributed by atoms with Gasteiger partial charge >= 0.3 is 0 Å². The molecule has 0 aliphatic carbocycles. The van der Waals surface area contributed by atoms with Gasteiger partial charge in [0.05, 0.1) is 31.6 Å². The van der Waals surface area contributed by atoms with Gasteiger partial charge in [0.1, 0.15) is 17.2 Å². The number of nitrogens with zero attached hydrogens (tertiary/aromatic N) is 2. The molecule has 0 saturated heterocycles. The van der Waals surface area contributed by atoms with Crippen molar-refractivity contribution in [2.75, 3.05) is 11.9 Å². The molecular formula is C14H14FN3O2. The average Bonchev–Trinajstić information content (AvgIpc) is 3.02. The minimum absolute atomic E-state index is 0.0518. The molecule has 0 saturated carbocycles. The van der Waals surface area contributed by atoms with Crippen molar-refractivity contribution in [3.63, 3.8) is 0 Å². The second-order valence-electron chi connectivity index (χ2n) is 4.46. The quantitative estimate of drug-likeness (QED) is 0.750. The molecule has 104 valence electrons. The van der Waals surface area contributed by atoms with E-state index in [2.05, 4.69) is 10.4 Å². The molecule has 0 radical (unpaired) electrons. The first kappa shape index (κ1) is 12.7. The number of benzene rings is 1. The van der Waals surface area contributed by atoms with Crippen molar-refractivity contribution < 1.29 is 13.9 Å². The van der Waals surface area contributed by atoms with Crippen molar-refractivity contribution >= 4 is 16.7 Å². The van der Waals surface area contributed by atoms with E-state index in [1.807, 2.05) is 6.07 Å². The van der Waals surface area contributed by atoms with Gasteiger partial charge in [0.25, 0.3) is 0 Å². The summed E-state index contributed by atoms with van der Waals surface area (Å²) in [5.74, 6) is 0.448. The number of furan rings is 1. The molecule has 0 aliphatic heterocycles. The number of anilines is 1. The molecular weight excluding hydrogens is 261 g/mol. The van der Waals surface area contributed by atoms with Gasteiger partial charge in [-0.15, -0.1) is 0 Å². The number of nitrogens with one attached hydrogen (secondary N) is 1. The van der Waals surface area contributed by atoms with Gasteiger partial charge in [-0.2, -0.15) is 5.10 Å². The third-order valence-electron chi connectivity index (χ3n) is 2.96. The van der Waals surface area contributed by atoms with Crippen LogP contribution in [0.1, 0.15) is 5.76 Å². The summed E-state index contributed by atoms with van der Waals surface area (Å²) < 4.78 is 20.3. The zero-order chi connectivity index (χ0) is 13.9. The van der Waals surface area contributed by atoms with Crippen LogP contribution in [-0.2, 0) is 13.1 Å². The summed E-state index contributed by atoms with van der Waals surface area (Å²) in [6, 6.07) is 6.25. The Morgan fingerprint density at radius 1 is 1.35 bits per heavy atom. The largest absolute Gasteiger partial charge is 0.459 e. The minimum atomic E-state index is -0.275. The first-order valence-electron chi connectivity index (χ1n) is 6.30. The lowest BCUT2D eigenvalue weighted by atomic mass is 10.2. The smallest absolute Gasteiger partial charge is 0.134 e. The normalized spacial score (nSPS) is 11.1. The number of fused-ring (bicyclic) bond motifs is 1. The fourth-order valence-electron chi connectivity index (χ4n) is 2.03. The summed E-state index contributed by atoms with van der Waals surface area (Å²) in [4.78, 5) is 0. The maximum atomic E-state index is 13.1. The van der Waals surface area contributed by atoms with E-state index in [0.717, 1.165) is 16.8 Å². The molecule has 2 aromatic heterocycles. The van der Waals surface area contributed by atoms with Crippen molar-refractivity contribution in [3.8, 4) is 0 Å². The first-order chi connectivity index (χ1) is 9.74. The Morgan fingerprint density at radius 3 is 3.10 bits per heavy atom. The Bertz CT molecular complexity index is 720. The van der Waals surface area contributed by atoms with Crippen LogP contribution in [0.4, 0.5) is 10.1 Å². The number of rotatable bonds is 5. The third kappa shape index (κ3) is 2.65. The Balaban J connectivity index is 1.69. The van der Waals surface area contributed by atoms with Gasteiger partial charge in [-0.25, -0.2) is 4.39 Å². The maximum absolute atomic E-state index is 13.1. The molecule has 2 N–H and O–H groups in total. The van der Waals surface area contributed by atoms with Crippen LogP contribution < -0.4 is 5.32 Å². The van der Waals surface area contributed by atoms with Gasteiger partial charge in [-0.3, -0.25) is 4.68 Å². The fourth-order valence-corrected chi connectivity index (χ4v) is 2.03. The van der Waals surface area contributed by atoms with Crippen LogP contribution in [-0.4, -0.2) is 21.5 Å². The maximum Gasteiger partial charge on any atom is 0.134 e. The van der Waals surface area contributed by atoms with Crippen LogP contribution >= 0.6 is 0 Å². The van der Waals surface area contributed by atoms with Crippen LogP contribution in [0.5, 0.6) is 0 Å². The van der Waals surface area contributed by atoms with E-state index in [0.29, 0.717) is 18.7 Å². The lowest BCUT2D eigenvalue weighted by Crippen LogP contribution is -2.02. The van der Waals surface area contributed by atoms with E-state index in [4.69, 9.17) is 9.52 Å². The van der Waals surface area contributed by atoms with Crippen LogP contribution in [0.3, 0.4) is 0 Å². The summed E-state index contributed by atoms with van der Waals surface area (Å²) in [6.07, 6.45) is 3.48. The van der Waals surface area contributed by atoms with Gasteiger partial charge < -0.3 is 14.8 Å². The summed E-state index contributed by atoms with van der Waals surface area (Å²) in [6.45, 7) is 1.00. The average molecular weight is 275 g/mol. The van der Waals surface area contributed by atoms with Crippen molar-refractivity contribution in [1.82, 2.24) is 9.78 Å². The fraction of sp³-hybridized carbons (Fsp3) is 0.214. The van der Waals surface area contributed by atoms with Crippen molar-refractivity contribution in [2.45, 2.75) is 13.1 Å². The van der Waals surface area contributed by atoms with Gasteiger partial charge in [0.2, 0.25) is 0 Å². The molecule has 0 spiro atoms. The molecule has 3 aromatic rings. The monoisotopic (exact) mass is 275 g/mol. The van der Waals surface area contributed by atoms with Crippen LogP contribution in [0.15, 0.2) is 41.1 Å². The first-order valence-corrected chi connectivity index (χ1v) is 6.30. The topological polar surface area (TPSA) is 63.2 Å². The summed E-state index contributed by atoms with van der Waals surface area (Å²) in [5, 5.41) is 16.8. The minimum Gasteiger partial charge on any atom is -0.459 e. The lowest BCUT2D eigenvalue weighted by Gasteiger charge is -1.99. The highest BCUT2D eigenvalue weighted by Crippen LogP contribution is 2.21. The third-order valence-corrected chi connectivity index (χ3v) is 2.96. The highest BCUT2D eigenvalue weighted by Gasteiger charge is 2.05. The summed E-state index contributed by atoms with van der Waals surface area (Å²) in [7, 11) is 0. The van der Waals surface area contributed by atoms with Crippen molar-refractivity contribution in [2.24, 2.45) is 0 Å². The van der Waals surface area contributed by atoms with E-state index in [1.165, 1.54) is 12.1 Å². The summed E-state index contributed by atoms with van der Waals surface area (Å²) in [5.41, 5.74) is 1.50. The number of aliphatic hydroxyl groups is 1. The number of hydrogen-bond donors (Lipinski definition) is 2. The van der Waals surface area contributed by atoms with Crippen LogP contribution in [0.25, 0.3) is 11.0 Å². The molecule has 5 nitrogen and oxygen atoms in total. The molecule has 0 fully saturated rings. The van der Waals surface area contributed by atoms with Gasteiger partial charge in [0.15, 0.2) is 0 Å². The molecule has 0 atom stereocenters. The van der Waals surface area contributed by atoms with Gasteiger partial charge in [-0.1, -0.05) is 0 Å². The summed E-state index contributed by atoms with van der Waals surface area (Å²) >= 11 is 0. The van der Waals surface area contributed by atoms with Crippen LogP contribution in [0.2, 0.25) is 0 Å². The molecule has 3 rings (SSSR count). The van der Waals surface area contributed by atoms with Crippen molar-refractivity contribution in [3.05, 3.63) is 48.2 Å². The van der Waals surface area contributed by atoms with E-state index in [1.54, 1.807) is 23.1 Å². The second kappa shape index (κ2) is 5.34. The predicted molar refractivity (Wildman–Crippen MR) is 72.8 cm³/mol. The molecule has 1 aromatic carbocycles. The van der Waals surface area contributed by atoms with E-state index in [9.17, 15) is 4.39 Å².